The van der Waals surface area contributed by atoms with Gasteiger partial charge in [-0.1, -0.05) is 5.21 Å². The Bertz CT molecular complexity index is 521. The van der Waals surface area contributed by atoms with Crippen molar-refractivity contribution < 1.29 is 9.90 Å². The Morgan fingerprint density at radius 2 is 2.38 bits per heavy atom. The van der Waals surface area contributed by atoms with Crippen LogP contribution in [0.2, 0.25) is 0 Å². The fraction of sp³-hybridized carbons (Fsp3) is 0.300. The monoisotopic (exact) mass is 220 g/mol. The van der Waals surface area contributed by atoms with Gasteiger partial charge in [-0.25, -0.2) is 4.68 Å². The second kappa shape index (κ2) is 4.28. The van der Waals surface area contributed by atoms with Crippen molar-refractivity contribution in [2.75, 3.05) is 13.2 Å². The van der Waals surface area contributed by atoms with Crippen LogP contribution >= 0.6 is 0 Å². The zero-order chi connectivity index (χ0) is 11.5. The predicted molar refractivity (Wildman–Crippen MR) is 57.9 cm³/mol. The smallest absolute Gasteiger partial charge is 0.251 e. The number of hydrogen-bond acceptors (Lipinski definition) is 4. The minimum Gasteiger partial charge on any atom is -0.395 e. The summed E-state index contributed by atoms with van der Waals surface area (Å²) in [5.41, 5.74) is 2.07. The number of carbonyl (C=O) groups is 1. The molecule has 0 spiro atoms. The number of benzene rings is 1. The third-order valence-corrected chi connectivity index (χ3v) is 2.27. The van der Waals surface area contributed by atoms with Gasteiger partial charge >= 0.3 is 0 Å². The van der Waals surface area contributed by atoms with Crippen molar-refractivity contribution in [1.82, 2.24) is 20.3 Å². The normalized spacial score (nSPS) is 10.6. The highest BCUT2D eigenvalue weighted by Gasteiger charge is 2.08. The quantitative estimate of drug-likeness (QED) is 0.743. The van der Waals surface area contributed by atoms with Crippen molar-refractivity contribution in [2.24, 2.45) is 7.05 Å². The number of aliphatic hydroxyl groups excluding tert-OH is 1. The van der Waals surface area contributed by atoms with E-state index in [-0.39, 0.29) is 19.1 Å². The van der Waals surface area contributed by atoms with Gasteiger partial charge in [0.1, 0.15) is 5.52 Å². The maximum atomic E-state index is 11.6. The summed E-state index contributed by atoms with van der Waals surface area (Å²) in [5.74, 6) is -0.221. The van der Waals surface area contributed by atoms with Gasteiger partial charge in [0, 0.05) is 19.2 Å². The zero-order valence-corrected chi connectivity index (χ0v) is 8.84. The van der Waals surface area contributed by atoms with E-state index >= 15 is 0 Å². The summed E-state index contributed by atoms with van der Waals surface area (Å²) in [6.07, 6.45) is 0. The van der Waals surface area contributed by atoms with Crippen molar-refractivity contribution >= 4 is 16.9 Å². The third kappa shape index (κ3) is 1.87. The molecule has 0 saturated carbocycles. The number of carbonyl (C=O) groups excluding carboxylic acids is 1. The van der Waals surface area contributed by atoms with E-state index < -0.39 is 0 Å². The third-order valence-electron chi connectivity index (χ3n) is 2.27. The maximum absolute atomic E-state index is 11.6. The lowest BCUT2D eigenvalue weighted by atomic mass is 10.2. The molecule has 1 aromatic heterocycles. The highest BCUT2D eigenvalue weighted by Crippen LogP contribution is 2.12. The lowest BCUT2D eigenvalue weighted by Crippen LogP contribution is -2.26. The van der Waals surface area contributed by atoms with Gasteiger partial charge in [-0.3, -0.25) is 4.79 Å². The Balaban J connectivity index is 2.29. The Hall–Kier alpha value is -1.95. The standard InChI is InChI=1S/C10H12N4O2/c1-14-9-3-2-7(6-8(9)12-13-14)10(16)11-4-5-15/h2-3,6,15H,4-5H2,1H3,(H,11,16). The average Bonchev–Trinajstić information content (AvgIpc) is 2.67. The van der Waals surface area contributed by atoms with E-state index in [2.05, 4.69) is 15.6 Å². The van der Waals surface area contributed by atoms with E-state index in [1.807, 2.05) is 0 Å². The summed E-state index contributed by atoms with van der Waals surface area (Å²) >= 11 is 0. The molecule has 0 fully saturated rings. The highest BCUT2D eigenvalue weighted by atomic mass is 16.3. The molecule has 0 aliphatic carbocycles. The van der Waals surface area contributed by atoms with Gasteiger partial charge in [0.25, 0.3) is 5.91 Å². The molecule has 1 heterocycles. The first-order valence-corrected chi connectivity index (χ1v) is 4.91. The van der Waals surface area contributed by atoms with Crippen LogP contribution in [0.15, 0.2) is 18.2 Å². The van der Waals surface area contributed by atoms with Gasteiger partial charge in [0.05, 0.1) is 12.1 Å². The number of amides is 1. The molecular weight excluding hydrogens is 208 g/mol. The molecule has 0 aliphatic heterocycles. The Morgan fingerprint density at radius 3 is 3.12 bits per heavy atom. The summed E-state index contributed by atoms with van der Waals surface area (Å²) in [7, 11) is 1.79. The molecule has 0 unspecified atom stereocenters. The summed E-state index contributed by atoms with van der Waals surface area (Å²) in [6, 6.07) is 5.18. The molecule has 6 nitrogen and oxygen atoms in total. The van der Waals surface area contributed by atoms with Crippen molar-refractivity contribution in [3.63, 3.8) is 0 Å². The number of rotatable bonds is 3. The van der Waals surface area contributed by atoms with Crippen LogP contribution in [0, 0.1) is 0 Å². The number of fused-ring (bicyclic) bond motifs is 1. The Morgan fingerprint density at radius 1 is 1.56 bits per heavy atom. The van der Waals surface area contributed by atoms with Crippen molar-refractivity contribution in [3.8, 4) is 0 Å². The molecule has 2 aromatic rings. The van der Waals surface area contributed by atoms with Crippen LogP contribution < -0.4 is 5.32 Å². The molecule has 1 aromatic carbocycles. The van der Waals surface area contributed by atoms with Crippen LogP contribution in [0.25, 0.3) is 11.0 Å². The molecule has 0 radical (unpaired) electrons. The van der Waals surface area contributed by atoms with E-state index in [0.29, 0.717) is 11.1 Å². The van der Waals surface area contributed by atoms with Crippen LogP contribution in [-0.2, 0) is 7.05 Å². The van der Waals surface area contributed by atoms with Crippen molar-refractivity contribution in [2.45, 2.75) is 0 Å². The second-order valence-electron chi connectivity index (χ2n) is 3.40. The van der Waals surface area contributed by atoms with Crippen molar-refractivity contribution in [1.29, 1.82) is 0 Å². The second-order valence-corrected chi connectivity index (χ2v) is 3.40. The molecule has 2 N–H and O–H groups in total. The molecule has 0 saturated heterocycles. The molecule has 6 heteroatoms. The van der Waals surface area contributed by atoms with E-state index in [1.54, 1.807) is 29.9 Å². The van der Waals surface area contributed by atoms with E-state index in [9.17, 15) is 4.79 Å². The number of nitrogens with one attached hydrogen (secondary N) is 1. The Labute approximate surface area is 91.9 Å². The molecular formula is C10H12N4O2. The first-order valence-electron chi connectivity index (χ1n) is 4.91. The van der Waals surface area contributed by atoms with Gasteiger partial charge in [0.15, 0.2) is 0 Å². The number of aromatic nitrogens is 3. The van der Waals surface area contributed by atoms with Crippen LogP contribution in [0.1, 0.15) is 10.4 Å². The van der Waals surface area contributed by atoms with Crippen molar-refractivity contribution in [3.05, 3.63) is 23.8 Å². The molecule has 2 rings (SSSR count). The molecule has 0 atom stereocenters. The number of aliphatic hydroxyl groups is 1. The summed E-state index contributed by atoms with van der Waals surface area (Å²) < 4.78 is 1.64. The summed E-state index contributed by atoms with van der Waals surface area (Å²) in [4.78, 5) is 11.6. The first kappa shape index (κ1) is 10.6. The summed E-state index contributed by atoms with van der Waals surface area (Å²) in [6.45, 7) is 0.177. The first-order chi connectivity index (χ1) is 7.72. The van der Waals surface area contributed by atoms with E-state index in [0.717, 1.165) is 5.52 Å². The predicted octanol–water partition coefficient (Wildman–Crippen LogP) is -0.310. The number of hydrogen-bond donors (Lipinski definition) is 2. The van der Waals surface area contributed by atoms with Crippen LogP contribution in [0.4, 0.5) is 0 Å². The van der Waals surface area contributed by atoms with Crippen LogP contribution in [0.3, 0.4) is 0 Å². The van der Waals surface area contributed by atoms with Gasteiger partial charge in [-0.05, 0) is 18.2 Å². The minimum absolute atomic E-state index is 0.0703. The lowest BCUT2D eigenvalue weighted by molar-refractivity contribution is 0.0945. The molecule has 16 heavy (non-hydrogen) atoms. The van der Waals surface area contributed by atoms with E-state index in [4.69, 9.17) is 5.11 Å². The van der Waals surface area contributed by atoms with Gasteiger partial charge < -0.3 is 10.4 Å². The summed E-state index contributed by atoms with van der Waals surface area (Å²) in [5, 5.41) is 19.0. The Kier molecular flexibility index (Phi) is 2.82. The molecule has 0 aliphatic rings. The molecule has 1 amide bonds. The fourth-order valence-corrected chi connectivity index (χ4v) is 1.45. The zero-order valence-electron chi connectivity index (χ0n) is 8.84. The molecule has 84 valence electrons. The SMILES string of the molecule is Cn1nnc2cc(C(=O)NCCO)ccc21. The largest absolute Gasteiger partial charge is 0.395 e. The number of aryl methyl sites for hydroxylation is 1. The van der Waals surface area contributed by atoms with Gasteiger partial charge in [-0.15, -0.1) is 5.10 Å². The molecule has 0 bridgehead atoms. The maximum Gasteiger partial charge on any atom is 0.251 e. The van der Waals surface area contributed by atoms with Crippen LogP contribution in [0.5, 0.6) is 0 Å². The van der Waals surface area contributed by atoms with Gasteiger partial charge in [-0.2, -0.15) is 0 Å². The topological polar surface area (TPSA) is 80.0 Å². The average molecular weight is 220 g/mol. The van der Waals surface area contributed by atoms with Crippen LogP contribution in [-0.4, -0.2) is 39.2 Å². The van der Waals surface area contributed by atoms with Gasteiger partial charge in [0.2, 0.25) is 0 Å². The van der Waals surface area contributed by atoms with E-state index in [1.165, 1.54) is 0 Å². The fourth-order valence-electron chi connectivity index (χ4n) is 1.45. The highest BCUT2D eigenvalue weighted by molar-refractivity contribution is 5.97. The lowest BCUT2D eigenvalue weighted by Gasteiger charge is -2.02. The minimum atomic E-state index is -0.221. The number of nitrogens with zero attached hydrogens (tertiary/aromatic N) is 3.